The minimum atomic E-state index is -0.815. The van der Waals surface area contributed by atoms with Crippen molar-refractivity contribution >= 4 is 5.97 Å². The maximum absolute atomic E-state index is 10.7. The van der Waals surface area contributed by atoms with Crippen LogP contribution in [0.3, 0.4) is 0 Å². The summed E-state index contributed by atoms with van der Waals surface area (Å²) in [6, 6.07) is 13.9. The van der Waals surface area contributed by atoms with Gasteiger partial charge < -0.3 is 9.84 Å². The molecule has 1 N–H and O–H groups in total. The van der Waals surface area contributed by atoms with Gasteiger partial charge in [-0.05, 0) is 40.2 Å². The van der Waals surface area contributed by atoms with E-state index in [1.54, 1.807) is 0 Å². The molecular weight excluding hydrogens is 300 g/mol. The second kappa shape index (κ2) is 7.52. The highest BCUT2D eigenvalue weighted by atomic mass is 16.5. The second-order valence-electron chi connectivity index (χ2n) is 7.11. The maximum atomic E-state index is 10.7. The number of aryl methyl sites for hydroxylation is 1. The monoisotopic (exact) mass is 326 g/mol. The van der Waals surface area contributed by atoms with Crippen molar-refractivity contribution in [3.63, 3.8) is 0 Å². The molecule has 0 aliphatic carbocycles. The topological polar surface area (TPSA) is 46.5 Å². The first kappa shape index (κ1) is 18.1. The summed E-state index contributed by atoms with van der Waals surface area (Å²) in [6.07, 6.45) is 1.06. The van der Waals surface area contributed by atoms with E-state index in [2.05, 4.69) is 45.9 Å². The molecule has 0 spiro atoms. The quantitative estimate of drug-likeness (QED) is 0.833. The van der Waals surface area contributed by atoms with E-state index in [1.165, 1.54) is 11.1 Å². The van der Waals surface area contributed by atoms with Gasteiger partial charge in [-0.2, -0.15) is 0 Å². The Kier molecular flexibility index (Phi) is 5.66. The normalized spacial score (nSPS) is 11.3. The molecule has 0 bridgehead atoms. The molecule has 0 fully saturated rings. The van der Waals surface area contributed by atoms with Gasteiger partial charge in [0.15, 0.2) is 0 Å². The predicted molar refractivity (Wildman–Crippen MR) is 96.6 cm³/mol. The van der Waals surface area contributed by atoms with Crippen LogP contribution < -0.4 is 4.74 Å². The second-order valence-corrected chi connectivity index (χ2v) is 7.11. The Bertz CT molecular complexity index is 694. The number of ether oxygens (including phenoxy) is 1. The number of carboxylic acids is 1. The lowest BCUT2D eigenvalue weighted by Gasteiger charge is -2.23. The smallest absolute Gasteiger partial charge is 0.307 e. The van der Waals surface area contributed by atoms with E-state index >= 15 is 0 Å². The molecule has 0 atom stereocenters. The third-order valence-corrected chi connectivity index (χ3v) is 4.03. The van der Waals surface area contributed by atoms with Gasteiger partial charge in [-0.1, -0.05) is 64.1 Å². The lowest BCUT2D eigenvalue weighted by molar-refractivity contribution is -0.136. The highest BCUT2D eigenvalue weighted by Crippen LogP contribution is 2.32. The van der Waals surface area contributed by atoms with Crippen molar-refractivity contribution in [2.75, 3.05) is 0 Å². The van der Waals surface area contributed by atoms with Crippen molar-refractivity contribution in [2.45, 2.75) is 52.6 Å². The van der Waals surface area contributed by atoms with Crippen molar-refractivity contribution in [1.29, 1.82) is 0 Å². The minimum absolute atomic E-state index is 0.0197. The number of hydrogen-bond acceptors (Lipinski definition) is 2. The van der Waals surface area contributed by atoms with Crippen LogP contribution in [0.5, 0.6) is 5.75 Å². The first-order chi connectivity index (χ1) is 11.3. The van der Waals surface area contributed by atoms with Crippen molar-refractivity contribution in [3.8, 4) is 5.75 Å². The summed E-state index contributed by atoms with van der Waals surface area (Å²) in [6.45, 7) is 9.20. The molecule has 0 heterocycles. The van der Waals surface area contributed by atoms with E-state index in [4.69, 9.17) is 9.84 Å². The van der Waals surface area contributed by atoms with E-state index in [0.29, 0.717) is 6.61 Å². The zero-order valence-corrected chi connectivity index (χ0v) is 14.9. The maximum Gasteiger partial charge on any atom is 0.307 e. The molecule has 0 unspecified atom stereocenters. The Morgan fingerprint density at radius 1 is 1.00 bits per heavy atom. The van der Waals surface area contributed by atoms with Crippen LogP contribution >= 0.6 is 0 Å². The van der Waals surface area contributed by atoms with Crippen LogP contribution in [0.1, 0.15) is 49.9 Å². The molecule has 0 aliphatic rings. The summed E-state index contributed by atoms with van der Waals surface area (Å²) < 4.78 is 6.05. The molecule has 128 valence electrons. The Balaban J connectivity index is 2.12. The van der Waals surface area contributed by atoms with Gasteiger partial charge in [0, 0.05) is 0 Å². The fourth-order valence-corrected chi connectivity index (χ4v) is 2.60. The fourth-order valence-electron chi connectivity index (χ4n) is 2.60. The summed E-state index contributed by atoms with van der Waals surface area (Å²) in [5, 5.41) is 8.81. The molecule has 0 aromatic heterocycles. The number of carboxylic acid groups (broad SMARTS) is 1. The van der Waals surface area contributed by atoms with Crippen LogP contribution in [0, 0.1) is 0 Å². The number of aliphatic carboxylic acids is 1. The summed E-state index contributed by atoms with van der Waals surface area (Å²) in [5.74, 6) is 0.0964. The zero-order valence-electron chi connectivity index (χ0n) is 14.9. The number of carbonyl (C=O) groups is 1. The fraction of sp³-hybridized carbons (Fsp3) is 0.381. The van der Waals surface area contributed by atoms with Gasteiger partial charge in [0.25, 0.3) is 0 Å². The standard InChI is InChI=1S/C21H26O3/c1-5-15-10-11-19(18(12-15)21(2,3)4)24-14-17-8-6-16(7-9-17)13-20(22)23/h6-12H,5,13-14H2,1-4H3,(H,22,23). The van der Waals surface area contributed by atoms with Crippen LogP contribution in [0.25, 0.3) is 0 Å². The van der Waals surface area contributed by atoms with Crippen LogP contribution in [-0.4, -0.2) is 11.1 Å². The number of hydrogen-bond donors (Lipinski definition) is 1. The first-order valence-electron chi connectivity index (χ1n) is 8.35. The van der Waals surface area contributed by atoms with Crippen LogP contribution in [0.2, 0.25) is 0 Å². The van der Waals surface area contributed by atoms with E-state index in [9.17, 15) is 4.79 Å². The summed E-state index contributed by atoms with van der Waals surface area (Å²) in [4.78, 5) is 10.7. The summed E-state index contributed by atoms with van der Waals surface area (Å²) in [7, 11) is 0. The Labute approximate surface area is 144 Å². The van der Waals surface area contributed by atoms with Gasteiger partial charge >= 0.3 is 5.97 Å². The highest BCUT2D eigenvalue weighted by Gasteiger charge is 2.19. The molecule has 0 saturated carbocycles. The highest BCUT2D eigenvalue weighted by molar-refractivity contribution is 5.70. The molecule has 0 radical (unpaired) electrons. The predicted octanol–water partition coefficient (Wildman–Crippen LogP) is 4.75. The Morgan fingerprint density at radius 2 is 1.58 bits per heavy atom. The van der Waals surface area contributed by atoms with Crippen LogP contribution in [-0.2, 0) is 29.7 Å². The van der Waals surface area contributed by atoms with E-state index < -0.39 is 5.97 Å². The van der Waals surface area contributed by atoms with Crippen molar-refractivity contribution in [1.82, 2.24) is 0 Å². The lowest BCUT2D eigenvalue weighted by Crippen LogP contribution is -2.14. The van der Waals surface area contributed by atoms with Crippen LogP contribution in [0.4, 0.5) is 0 Å². The molecule has 24 heavy (non-hydrogen) atoms. The molecule has 2 aromatic rings. The molecule has 2 rings (SSSR count). The summed E-state index contributed by atoms with van der Waals surface area (Å²) in [5.41, 5.74) is 4.37. The third-order valence-electron chi connectivity index (χ3n) is 4.03. The van der Waals surface area contributed by atoms with Gasteiger partial charge in [-0.15, -0.1) is 0 Å². The van der Waals surface area contributed by atoms with E-state index in [0.717, 1.165) is 23.3 Å². The van der Waals surface area contributed by atoms with Gasteiger partial charge in [0.1, 0.15) is 12.4 Å². The van der Waals surface area contributed by atoms with Gasteiger partial charge in [0.05, 0.1) is 6.42 Å². The van der Waals surface area contributed by atoms with E-state index in [-0.39, 0.29) is 11.8 Å². The molecule has 0 aliphatic heterocycles. The van der Waals surface area contributed by atoms with Gasteiger partial charge in [0.2, 0.25) is 0 Å². The summed E-state index contributed by atoms with van der Waals surface area (Å²) >= 11 is 0. The van der Waals surface area contributed by atoms with Crippen LogP contribution in [0.15, 0.2) is 42.5 Å². The SMILES string of the molecule is CCc1ccc(OCc2ccc(CC(=O)O)cc2)c(C(C)(C)C)c1. The average molecular weight is 326 g/mol. The van der Waals surface area contributed by atoms with E-state index in [1.807, 2.05) is 24.3 Å². The number of benzene rings is 2. The van der Waals surface area contributed by atoms with Crippen molar-refractivity contribution in [3.05, 3.63) is 64.7 Å². The Hall–Kier alpha value is -2.29. The third kappa shape index (κ3) is 4.85. The molecule has 2 aromatic carbocycles. The lowest BCUT2D eigenvalue weighted by atomic mass is 9.85. The molecule has 0 saturated heterocycles. The average Bonchev–Trinajstić information content (AvgIpc) is 2.52. The largest absolute Gasteiger partial charge is 0.489 e. The van der Waals surface area contributed by atoms with Crippen molar-refractivity contribution < 1.29 is 14.6 Å². The zero-order chi connectivity index (χ0) is 17.7. The minimum Gasteiger partial charge on any atom is -0.489 e. The Morgan fingerprint density at radius 3 is 2.12 bits per heavy atom. The first-order valence-corrected chi connectivity index (χ1v) is 8.35. The molecule has 3 heteroatoms. The van der Waals surface area contributed by atoms with Gasteiger partial charge in [-0.3, -0.25) is 4.79 Å². The van der Waals surface area contributed by atoms with Crippen molar-refractivity contribution in [2.24, 2.45) is 0 Å². The van der Waals surface area contributed by atoms with Gasteiger partial charge in [-0.25, -0.2) is 0 Å². The molecule has 3 nitrogen and oxygen atoms in total. The molecular formula is C21H26O3. The number of rotatable bonds is 6. The molecule has 0 amide bonds.